The van der Waals surface area contributed by atoms with Crippen molar-refractivity contribution >= 4 is 33.2 Å². The Morgan fingerprint density at radius 2 is 2.10 bits per heavy atom. The number of halogens is 3. The predicted molar refractivity (Wildman–Crippen MR) is 87.5 cm³/mol. The number of rotatable bonds is 5. The Morgan fingerprint density at radius 1 is 1.33 bits per heavy atom. The minimum atomic E-state index is -0.398. The number of hydrogen-bond acceptors (Lipinski definition) is 3. The molecule has 1 unspecified atom stereocenters. The molecular weight excluding hydrogens is 359 g/mol. The summed E-state index contributed by atoms with van der Waals surface area (Å²) in [6, 6.07) is 9.70. The number of anilines is 1. The highest BCUT2D eigenvalue weighted by molar-refractivity contribution is 9.10. The van der Waals surface area contributed by atoms with Crippen LogP contribution in [0, 0.1) is 5.82 Å². The summed E-state index contributed by atoms with van der Waals surface area (Å²) < 4.78 is 19.5. The van der Waals surface area contributed by atoms with Crippen LogP contribution in [0.3, 0.4) is 0 Å². The SMILES string of the molecule is COc1ccc(Br)c(C(CN)Nc2cc(F)cc(Cl)c2)c1. The lowest BCUT2D eigenvalue weighted by Gasteiger charge is -2.21. The lowest BCUT2D eigenvalue weighted by Crippen LogP contribution is -2.21. The second-order valence-electron chi connectivity index (χ2n) is 4.48. The summed E-state index contributed by atoms with van der Waals surface area (Å²) in [7, 11) is 1.60. The maximum absolute atomic E-state index is 13.4. The summed E-state index contributed by atoms with van der Waals surface area (Å²) in [5.74, 6) is 0.330. The van der Waals surface area contributed by atoms with E-state index in [4.69, 9.17) is 22.1 Å². The number of benzene rings is 2. The van der Waals surface area contributed by atoms with Gasteiger partial charge in [-0.2, -0.15) is 0 Å². The van der Waals surface area contributed by atoms with Crippen LogP contribution in [0.1, 0.15) is 11.6 Å². The molecule has 0 spiro atoms. The zero-order chi connectivity index (χ0) is 15.4. The minimum absolute atomic E-state index is 0.202. The first-order valence-electron chi connectivity index (χ1n) is 6.29. The van der Waals surface area contributed by atoms with Crippen molar-refractivity contribution in [2.45, 2.75) is 6.04 Å². The first kappa shape index (κ1) is 16.1. The Bertz CT molecular complexity index is 619. The van der Waals surface area contributed by atoms with Gasteiger partial charge in [0.15, 0.2) is 0 Å². The van der Waals surface area contributed by atoms with Gasteiger partial charge in [0.2, 0.25) is 0 Å². The Hall–Kier alpha value is -1.30. The van der Waals surface area contributed by atoms with E-state index in [1.54, 1.807) is 13.2 Å². The predicted octanol–water partition coefficient (Wildman–Crippen LogP) is 4.36. The van der Waals surface area contributed by atoms with Gasteiger partial charge in [-0.25, -0.2) is 4.39 Å². The Balaban J connectivity index is 2.31. The third-order valence-corrected chi connectivity index (χ3v) is 3.96. The summed E-state index contributed by atoms with van der Waals surface area (Å²) in [5, 5.41) is 3.52. The van der Waals surface area contributed by atoms with Crippen molar-refractivity contribution in [1.82, 2.24) is 0 Å². The van der Waals surface area contributed by atoms with E-state index in [1.165, 1.54) is 12.1 Å². The van der Waals surface area contributed by atoms with Crippen LogP contribution in [0.15, 0.2) is 40.9 Å². The largest absolute Gasteiger partial charge is 0.497 e. The monoisotopic (exact) mass is 372 g/mol. The molecular formula is C15H15BrClFN2O. The Kier molecular flexibility index (Phi) is 5.45. The second kappa shape index (κ2) is 7.11. The molecule has 2 rings (SSSR count). The number of methoxy groups -OCH3 is 1. The highest BCUT2D eigenvalue weighted by atomic mass is 79.9. The molecule has 0 aromatic heterocycles. The Labute approximate surface area is 136 Å². The molecule has 0 saturated carbocycles. The van der Waals surface area contributed by atoms with E-state index in [9.17, 15) is 4.39 Å². The van der Waals surface area contributed by atoms with Crippen molar-refractivity contribution in [3.63, 3.8) is 0 Å². The number of hydrogen-bond donors (Lipinski definition) is 2. The molecule has 0 saturated heterocycles. The maximum Gasteiger partial charge on any atom is 0.126 e. The third-order valence-electron chi connectivity index (χ3n) is 3.02. The fraction of sp³-hybridized carbons (Fsp3) is 0.200. The van der Waals surface area contributed by atoms with Crippen molar-refractivity contribution in [1.29, 1.82) is 0 Å². The summed E-state index contributed by atoms with van der Waals surface area (Å²) in [6.07, 6.45) is 0. The van der Waals surface area contributed by atoms with Crippen LogP contribution < -0.4 is 15.8 Å². The van der Waals surface area contributed by atoms with Crippen LogP contribution >= 0.6 is 27.5 Å². The molecule has 0 bridgehead atoms. The fourth-order valence-corrected chi connectivity index (χ4v) is 2.76. The Morgan fingerprint density at radius 3 is 2.71 bits per heavy atom. The molecule has 0 aliphatic heterocycles. The summed E-state index contributed by atoms with van der Waals surface area (Å²) in [4.78, 5) is 0. The second-order valence-corrected chi connectivity index (χ2v) is 5.77. The molecule has 1 atom stereocenters. The van der Waals surface area contributed by atoms with Gasteiger partial charge >= 0.3 is 0 Å². The molecule has 21 heavy (non-hydrogen) atoms. The molecule has 0 amide bonds. The van der Waals surface area contributed by atoms with Gasteiger partial charge in [-0.05, 0) is 42.0 Å². The van der Waals surface area contributed by atoms with E-state index in [-0.39, 0.29) is 6.04 Å². The third kappa shape index (κ3) is 4.09. The normalized spacial score (nSPS) is 12.0. The van der Waals surface area contributed by atoms with Gasteiger partial charge in [-0.1, -0.05) is 27.5 Å². The van der Waals surface area contributed by atoms with Gasteiger partial charge in [0.1, 0.15) is 11.6 Å². The molecule has 2 aromatic carbocycles. The first-order valence-corrected chi connectivity index (χ1v) is 7.46. The van der Waals surface area contributed by atoms with Gasteiger partial charge in [-0.15, -0.1) is 0 Å². The molecule has 6 heteroatoms. The standard InChI is InChI=1S/C15H15BrClFN2O/c1-21-12-2-3-14(16)13(7-12)15(8-19)20-11-5-9(17)4-10(18)6-11/h2-7,15,20H,8,19H2,1H3. The van der Waals surface area contributed by atoms with Crippen molar-refractivity contribution < 1.29 is 9.13 Å². The number of nitrogens with one attached hydrogen (secondary N) is 1. The van der Waals surface area contributed by atoms with Gasteiger partial charge in [0, 0.05) is 21.7 Å². The molecule has 2 aromatic rings. The average Bonchev–Trinajstić information content (AvgIpc) is 2.44. The van der Waals surface area contributed by atoms with Crippen LogP contribution in [0.2, 0.25) is 5.02 Å². The van der Waals surface area contributed by atoms with E-state index in [1.807, 2.05) is 18.2 Å². The summed E-state index contributed by atoms with van der Waals surface area (Å²) in [6.45, 7) is 0.333. The molecule has 3 N–H and O–H groups in total. The summed E-state index contributed by atoms with van der Waals surface area (Å²) >= 11 is 9.35. The van der Waals surface area contributed by atoms with Gasteiger partial charge in [-0.3, -0.25) is 0 Å². The lowest BCUT2D eigenvalue weighted by atomic mass is 10.1. The molecule has 0 aliphatic carbocycles. The van der Waals surface area contributed by atoms with Crippen LogP contribution in [0.5, 0.6) is 5.75 Å². The molecule has 0 heterocycles. The topological polar surface area (TPSA) is 47.3 Å². The van der Waals surface area contributed by atoms with Crippen LogP contribution in [-0.2, 0) is 0 Å². The number of ether oxygens (including phenoxy) is 1. The zero-order valence-corrected chi connectivity index (χ0v) is 13.7. The van der Waals surface area contributed by atoms with Gasteiger partial charge in [0.05, 0.1) is 13.2 Å². The minimum Gasteiger partial charge on any atom is -0.497 e. The molecule has 3 nitrogen and oxygen atoms in total. The molecule has 0 radical (unpaired) electrons. The highest BCUT2D eigenvalue weighted by Crippen LogP contribution is 2.30. The molecule has 0 aliphatic rings. The van der Waals surface area contributed by atoms with E-state index in [0.717, 1.165) is 15.8 Å². The van der Waals surface area contributed by atoms with Crippen molar-refractivity contribution in [3.05, 3.63) is 57.3 Å². The van der Waals surface area contributed by atoms with Crippen LogP contribution in [0.4, 0.5) is 10.1 Å². The molecule has 0 fully saturated rings. The van der Waals surface area contributed by atoms with Gasteiger partial charge in [0.25, 0.3) is 0 Å². The molecule has 112 valence electrons. The average molecular weight is 374 g/mol. The van der Waals surface area contributed by atoms with Crippen LogP contribution in [0.25, 0.3) is 0 Å². The van der Waals surface area contributed by atoms with E-state index in [2.05, 4.69) is 21.2 Å². The zero-order valence-electron chi connectivity index (χ0n) is 11.4. The summed E-state index contributed by atoms with van der Waals surface area (Å²) in [5.41, 5.74) is 7.34. The van der Waals surface area contributed by atoms with Gasteiger partial charge < -0.3 is 15.8 Å². The fourth-order valence-electron chi connectivity index (χ4n) is 2.02. The van der Waals surface area contributed by atoms with E-state index in [0.29, 0.717) is 17.3 Å². The van der Waals surface area contributed by atoms with Crippen molar-refractivity contribution in [3.8, 4) is 5.75 Å². The smallest absolute Gasteiger partial charge is 0.126 e. The van der Waals surface area contributed by atoms with Crippen LogP contribution in [-0.4, -0.2) is 13.7 Å². The highest BCUT2D eigenvalue weighted by Gasteiger charge is 2.14. The maximum atomic E-state index is 13.4. The quantitative estimate of drug-likeness (QED) is 0.818. The van der Waals surface area contributed by atoms with Crippen molar-refractivity contribution in [2.24, 2.45) is 5.73 Å². The van der Waals surface area contributed by atoms with Crippen molar-refractivity contribution in [2.75, 3.05) is 19.0 Å². The lowest BCUT2D eigenvalue weighted by molar-refractivity contribution is 0.414. The van der Waals surface area contributed by atoms with E-state index >= 15 is 0 Å². The van der Waals surface area contributed by atoms with E-state index < -0.39 is 5.82 Å². The first-order chi connectivity index (χ1) is 10.0. The number of nitrogens with two attached hydrogens (primary N) is 1.